The van der Waals surface area contributed by atoms with Crippen molar-refractivity contribution in [2.75, 3.05) is 6.54 Å². The van der Waals surface area contributed by atoms with Crippen molar-refractivity contribution in [2.45, 2.75) is 6.42 Å². The van der Waals surface area contributed by atoms with Gasteiger partial charge in [0.15, 0.2) is 5.65 Å². The number of hydrogen-bond donors (Lipinski definition) is 3. The number of para-hydroxylation sites is 1. The first kappa shape index (κ1) is 13.5. The smallest absolute Gasteiger partial charge is 0.252 e. The minimum Gasteiger partial charge on any atom is -0.361 e. The van der Waals surface area contributed by atoms with Gasteiger partial charge in [0.25, 0.3) is 5.91 Å². The van der Waals surface area contributed by atoms with Crippen LogP contribution in [0.4, 0.5) is 0 Å². The largest absolute Gasteiger partial charge is 0.361 e. The Bertz CT molecular complexity index is 985. The molecule has 3 aromatic heterocycles. The van der Waals surface area contributed by atoms with Crippen LogP contribution in [0.5, 0.6) is 0 Å². The molecule has 0 radical (unpaired) electrons. The Labute approximate surface area is 132 Å². The van der Waals surface area contributed by atoms with Crippen LogP contribution in [-0.4, -0.2) is 32.4 Å². The van der Waals surface area contributed by atoms with Crippen molar-refractivity contribution in [1.29, 1.82) is 0 Å². The number of amides is 1. The first-order valence-corrected chi connectivity index (χ1v) is 7.43. The molecule has 0 bridgehead atoms. The van der Waals surface area contributed by atoms with Gasteiger partial charge >= 0.3 is 0 Å². The van der Waals surface area contributed by atoms with Gasteiger partial charge in [-0.05, 0) is 24.1 Å². The Hall–Kier alpha value is -3.15. The number of fused-ring (bicyclic) bond motifs is 2. The van der Waals surface area contributed by atoms with Crippen LogP contribution < -0.4 is 5.32 Å². The zero-order valence-electron chi connectivity index (χ0n) is 12.3. The highest BCUT2D eigenvalue weighted by atomic mass is 16.1. The molecule has 6 nitrogen and oxygen atoms in total. The zero-order valence-corrected chi connectivity index (χ0v) is 12.3. The first-order chi connectivity index (χ1) is 11.3. The van der Waals surface area contributed by atoms with E-state index in [-0.39, 0.29) is 5.91 Å². The molecule has 6 heteroatoms. The molecule has 0 fully saturated rings. The van der Waals surface area contributed by atoms with Gasteiger partial charge in [0.2, 0.25) is 0 Å². The average molecular weight is 305 g/mol. The zero-order chi connectivity index (χ0) is 15.6. The number of imidazole rings is 1. The fraction of sp³-hybridized carbons (Fsp3) is 0.118. The summed E-state index contributed by atoms with van der Waals surface area (Å²) >= 11 is 0. The molecule has 23 heavy (non-hydrogen) atoms. The van der Waals surface area contributed by atoms with Crippen LogP contribution in [0.25, 0.3) is 22.1 Å². The third-order valence-electron chi connectivity index (χ3n) is 3.89. The van der Waals surface area contributed by atoms with Crippen molar-refractivity contribution in [3.8, 4) is 0 Å². The number of H-pyrrole nitrogens is 2. The lowest BCUT2D eigenvalue weighted by Gasteiger charge is -2.04. The van der Waals surface area contributed by atoms with Gasteiger partial charge in [-0.2, -0.15) is 0 Å². The molecule has 114 valence electrons. The number of carbonyl (C=O) groups excluding carboxylic acids is 1. The third kappa shape index (κ3) is 2.55. The number of hydrogen-bond acceptors (Lipinski definition) is 3. The van der Waals surface area contributed by atoms with Gasteiger partial charge in [0.05, 0.1) is 17.4 Å². The molecular weight excluding hydrogens is 290 g/mol. The van der Waals surface area contributed by atoms with E-state index in [2.05, 4.69) is 31.3 Å². The number of aromatic nitrogens is 4. The number of nitrogens with one attached hydrogen (secondary N) is 3. The maximum absolute atomic E-state index is 12.2. The predicted octanol–water partition coefficient (Wildman–Crippen LogP) is 2.41. The van der Waals surface area contributed by atoms with Gasteiger partial charge < -0.3 is 15.3 Å². The minimum absolute atomic E-state index is 0.131. The molecule has 4 aromatic rings. The molecule has 3 N–H and O–H groups in total. The fourth-order valence-corrected chi connectivity index (χ4v) is 2.70. The molecule has 0 unspecified atom stereocenters. The normalized spacial score (nSPS) is 11.1. The monoisotopic (exact) mass is 305 g/mol. The second kappa shape index (κ2) is 5.57. The molecular formula is C17H15N5O. The number of rotatable bonds is 4. The van der Waals surface area contributed by atoms with Crippen molar-refractivity contribution in [3.05, 3.63) is 60.2 Å². The van der Waals surface area contributed by atoms with Crippen LogP contribution in [0.3, 0.4) is 0 Å². The van der Waals surface area contributed by atoms with Crippen LogP contribution in [0.15, 0.2) is 49.1 Å². The summed E-state index contributed by atoms with van der Waals surface area (Å²) in [6.07, 6.45) is 5.88. The summed E-state index contributed by atoms with van der Waals surface area (Å²) in [5, 5.41) is 4.13. The van der Waals surface area contributed by atoms with Crippen molar-refractivity contribution in [2.24, 2.45) is 0 Å². The van der Waals surface area contributed by atoms with Crippen molar-refractivity contribution >= 4 is 28.0 Å². The van der Waals surface area contributed by atoms with E-state index >= 15 is 0 Å². The molecule has 0 spiro atoms. The topological polar surface area (TPSA) is 86.5 Å². The van der Waals surface area contributed by atoms with Crippen molar-refractivity contribution < 1.29 is 4.79 Å². The fourth-order valence-electron chi connectivity index (χ4n) is 2.70. The molecule has 1 amide bonds. The number of pyridine rings is 1. The lowest BCUT2D eigenvalue weighted by atomic mass is 10.1. The van der Waals surface area contributed by atoms with E-state index in [9.17, 15) is 4.79 Å². The lowest BCUT2D eigenvalue weighted by molar-refractivity contribution is 0.0954. The Morgan fingerprint density at radius 1 is 1.13 bits per heavy atom. The molecule has 0 aliphatic carbocycles. The van der Waals surface area contributed by atoms with Crippen LogP contribution in [0, 0.1) is 0 Å². The molecule has 3 heterocycles. The molecule has 1 aromatic carbocycles. The number of benzene rings is 1. The van der Waals surface area contributed by atoms with Crippen LogP contribution >= 0.6 is 0 Å². The quantitative estimate of drug-likeness (QED) is 0.541. The van der Waals surface area contributed by atoms with E-state index < -0.39 is 0 Å². The number of carbonyl (C=O) groups is 1. The Balaban J connectivity index is 1.43. The summed E-state index contributed by atoms with van der Waals surface area (Å²) in [7, 11) is 0. The van der Waals surface area contributed by atoms with Crippen LogP contribution in [0.1, 0.15) is 15.9 Å². The van der Waals surface area contributed by atoms with Gasteiger partial charge in [-0.3, -0.25) is 4.79 Å². The maximum atomic E-state index is 12.2. The number of aromatic amines is 2. The second-order valence-corrected chi connectivity index (χ2v) is 5.36. The van der Waals surface area contributed by atoms with Gasteiger partial charge in [-0.1, -0.05) is 18.2 Å². The summed E-state index contributed by atoms with van der Waals surface area (Å²) in [6.45, 7) is 0.571. The lowest BCUT2D eigenvalue weighted by Crippen LogP contribution is -2.25. The highest BCUT2D eigenvalue weighted by Crippen LogP contribution is 2.17. The minimum atomic E-state index is -0.131. The first-order valence-electron chi connectivity index (χ1n) is 7.43. The Morgan fingerprint density at radius 3 is 3.00 bits per heavy atom. The predicted molar refractivity (Wildman–Crippen MR) is 88.2 cm³/mol. The maximum Gasteiger partial charge on any atom is 0.252 e. The number of nitrogens with zero attached hydrogens (tertiary/aromatic N) is 2. The molecule has 0 aliphatic heterocycles. The van der Waals surface area contributed by atoms with E-state index in [1.54, 1.807) is 18.6 Å². The molecule has 0 saturated carbocycles. The van der Waals surface area contributed by atoms with Crippen molar-refractivity contribution in [1.82, 2.24) is 25.3 Å². The van der Waals surface area contributed by atoms with E-state index in [4.69, 9.17) is 0 Å². The highest BCUT2D eigenvalue weighted by molar-refractivity contribution is 5.96. The molecule has 0 aliphatic rings. The van der Waals surface area contributed by atoms with Crippen LogP contribution in [0.2, 0.25) is 0 Å². The van der Waals surface area contributed by atoms with Gasteiger partial charge in [-0.25, -0.2) is 9.97 Å². The van der Waals surface area contributed by atoms with E-state index in [0.717, 1.165) is 17.5 Å². The summed E-state index contributed by atoms with van der Waals surface area (Å²) < 4.78 is 0. The molecule has 0 atom stereocenters. The Morgan fingerprint density at radius 2 is 2.04 bits per heavy atom. The molecule has 4 rings (SSSR count). The standard InChI is InChI=1S/C17H15N5O/c23-17(12-7-15-16(20-9-12)22-10-21-15)18-6-5-11-8-19-14-4-2-1-3-13(11)14/h1-4,7-10,19H,5-6H2,(H,18,23)(H,20,21,22). The average Bonchev–Trinajstić information content (AvgIpc) is 3.21. The summed E-state index contributed by atoms with van der Waals surface area (Å²) in [4.78, 5) is 26.6. The van der Waals surface area contributed by atoms with Gasteiger partial charge in [0.1, 0.15) is 0 Å². The van der Waals surface area contributed by atoms with Gasteiger partial charge in [-0.15, -0.1) is 0 Å². The second-order valence-electron chi connectivity index (χ2n) is 5.36. The van der Waals surface area contributed by atoms with Gasteiger partial charge in [0, 0.05) is 29.8 Å². The third-order valence-corrected chi connectivity index (χ3v) is 3.89. The summed E-state index contributed by atoms with van der Waals surface area (Å²) in [5.74, 6) is -0.131. The summed E-state index contributed by atoms with van der Waals surface area (Å²) in [5.41, 5.74) is 4.21. The molecule has 0 saturated heterocycles. The van der Waals surface area contributed by atoms with E-state index in [0.29, 0.717) is 17.8 Å². The summed E-state index contributed by atoms with van der Waals surface area (Å²) in [6, 6.07) is 9.91. The van der Waals surface area contributed by atoms with E-state index in [1.165, 1.54) is 10.9 Å². The Kier molecular flexibility index (Phi) is 3.27. The van der Waals surface area contributed by atoms with Crippen LogP contribution in [-0.2, 0) is 6.42 Å². The van der Waals surface area contributed by atoms with E-state index in [1.807, 2.05) is 24.4 Å². The SMILES string of the molecule is O=C(NCCc1c[nH]c2ccccc12)c1cnc2nc[nH]c2c1. The van der Waals surface area contributed by atoms with Crippen molar-refractivity contribution in [3.63, 3.8) is 0 Å². The highest BCUT2D eigenvalue weighted by Gasteiger charge is 2.09.